The first-order valence-electron chi connectivity index (χ1n) is 8.03. The van der Waals surface area contributed by atoms with Crippen LogP contribution in [0.15, 0.2) is 36.4 Å². The molecular formula is C19H20N2O5. The molecule has 0 saturated carbocycles. The Labute approximate surface area is 151 Å². The van der Waals surface area contributed by atoms with Crippen LogP contribution in [0.2, 0.25) is 0 Å². The van der Waals surface area contributed by atoms with Crippen LogP contribution in [0.25, 0.3) is 0 Å². The van der Waals surface area contributed by atoms with Crippen molar-refractivity contribution in [3.63, 3.8) is 0 Å². The molecule has 0 fully saturated rings. The average molecular weight is 356 g/mol. The van der Waals surface area contributed by atoms with E-state index in [1.165, 1.54) is 18.2 Å². The van der Waals surface area contributed by atoms with Crippen molar-refractivity contribution < 1.29 is 19.2 Å². The Morgan fingerprint density at radius 3 is 2.38 bits per heavy atom. The molecule has 136 valence electrons. The number of hydrogen-bond acceptors (Lipinski definition) is 5. The predicted octanol–water partition coefficient (Wildman–Crippen LogP) is 3.24. The maximum atomic E-state index is 11.9. The van der Waals surface area contributed by atoms with Crippen molar-refractivity contribution in [2.24, 2.45) is 0 Å². The molecule has 2 aromatic rings. The van der Waals surface area contributed by atoms with E-state index in [-0.39, 0.29) is 12.1 Å². The summed E-state index contributed by atoms with van der Waals surface area (Å²) in [6.45, 7) is 5.18. The lowest BCUT2D eigenvalue weighted by Crippen LogP contribution is -2.22. The number of hydrogen-bond donors (Lipinski definition) is 1. The zero-order valence-corrected chi connectivity index (χ0v) is 14.9. The third-order valence-corrected chi connectivity index (χ3v) is 3.98. The van der Waals surface area contributed by atoms with E-state index < -0.39 is 23.4 Å². The van der Waals surface area contributed by atoms with Crippen LogP contribution in [0.3, 0.4) is 0 Å². The highest BCUT2D eigenvalue weighted by Gasteiger charge is 2.12. The second kappa shape index (κ2) is 8.24. The molecule has 0 saturated heterocycles. The number of amides is 1. The molecule has 2 rings (SSSR count). The lowest BCUT2D eigenvalue weighted by molar-refractivity contribution is -0.384. The van der Waals surface area contributed by atoms with Gasteiger partial charge in [-0.3, -0.25) is 19.7 Å². The van der Waals surface area contributed by atoms with Crippen molar-refractivity contribution in [1.82, 2.24) is 0 Å². The molecule has 1 amide bonds. The van der Waals surface area contributed by atoms with E-state index in [1.54, 1.807) is 6.92 Å². The van der Waals surface area contributed by atoms with Gasteiger partial charge in [-0.2, -0.15) is 0 Å². The lowest BCUT2D eigenvalue weighted by atomic mass is 10.0. The second-order valence-corrected chi connectivity index (χ2v) is 6.06. The molecule has 0 heterocycles. The Bertz CT molecular complexity index is 861. The van der Waals surface area contributed by atoms with Crippen LogP contribution in [0, 0.1) is 30.9 Å². The van der Waals surface area contributed by atoms with Gasteiger partial charge in [0.1, 0.15) is 0 Å². The van der Waals surface area contributed by atoms with Gasteiger partial charge in [0, 0.05) is 17.8 Å². The first kappa shape index (κ1) is 19.1. The van der Waals surface area contributed by atoms with Gasteiger partial charge in [-0.1, -0.05) is 18.2 Å². The summed E-state index contributed by atoms with van der Waals surface area (Å²) >= 11 is 0. The van der Waals surface area contributed by atoms with E-state index in [0.717, 1.165) is 16.7 Å². The van der Waals surface area contributed by atoms with Crippen molar-refractivity contribution in [2.75, 3.05) is 11.9 Å². The Morgan fingerprint density at radius 2 is 1.77 bits per heavy atom. The van der Waals surface area contributed by atoms with E-state index in [1.807, 2.05) is 32.0 Å². The lowest BCUT2D eigenvalue weighted by Gasteiger charge is -2.09. The predicted molar refractivity (Wildman–Crippen MR) is 97.0 cm³/mol. The van der Waals surface area contributed by atoms with Gasteiger partial charge in [-0.05, 0) is 49.1 Å². The molecule has 26 heavy (non-hydrogen) atoms. The van der Waals surface area contributed by atoms with Crippen LogP contribution in [0.4, 0.5) is 11.4 Å². The number of aryl methyl sites for hydroxylation is 3. The van der Waals surface area contributed by atoms with Gasteiger partial charge < -0.3 is 10.1 Å². The molecule has 0 aliphatic heterocycles. The summed E-state index contributed by atoms with van der Waals surface area (Å²) < 4.78 is 4.99. The Morgan fingerprint density at radius 1 is 1.04 bits per heavy atom. The third-order valence-electron chi connectivity index (χ3n) is 3.98. The summed E-state index contributed by atoms with van der Waals surface area (Å²) in [5.74, 6) is -1.00. The third kappa shape index (κ3) is 5.14. The molecule has 7 nitrogen and oxygen atoms in total. The summed E-state index contributed by atoms with van der Waals surface area (Å²) in [7, 11) is 0. The number of nitrogens with zero attached hydrogens (tertiary/aromatic N) is 1. The average Bonchev–Trinajstić information content (AvgIpc) is 2.58. The number of carbonyl (C=O) groups excluding carboxylic acids is 2. The maximum absolute atomic E-state index is 11.9. The van der Waals surface area contributed by atoms with Gasteiger partial charge >= 0.3 is 5.97 Å². The zero-order valence-electron chi connectivity index (χ0n) is 14.9. The first-order chi connectivity index (χ1) is 12.3. The molecule has 0 aromatic heterocycles. The molecule has 0 atom stereocenters. The smallest absolute Gasteiger partial charge is 0.310 e. The van der Waals surface area contributed by atoms with E-state index in [9.17, 15) is 19.7 Å². The molecule has 0 aliphatic carbocycles. The van der Waals surface area contributed by atoms with Crippen LogP contribution in [0.1, 0.15) is 22.3 Å². The van der Waals surface area contributed by atoms with E-state index in [0.29, 0.717) is 11.3 Å². The molecule has 0 unspecified atom stereocenters. The van der Waals surface area contributed by atoms with E-state index in [2.05, 4.69) is 5.32 Å². The Kier molecular flexibility index (Phi) is 6.06. The number of nitrogens with one attached hydrogen (secondary N) is 1. The SMILES string of the molecule is Cc1ccc(CC(=O)OCC(=O)Nc2ccc([N+](=O)[O-])cc2C)cc1C. The number of non-ortho nitro benzene ring substituents is 1. The molecule has 2 aromatic carbocycles. The highest BCUT2D eigenvalue weighted by Crippen LogP contribution is 2.21. The van der Waals surface area contributed by atoms with Gasteiger partial charge in [0.25, 0.3) is 11.6 Å². The maximum Gasteiger partial charge on any atom is 0.310 e. The summed E-state index contributed by atoms with van der Waals surface area (Å²) in [5, 5.41) is 13.3. The van der Waals surface area contributed by atoms with Gasteiger partial charge in [0.2, 0.25) is 0 Å². The summed E-state index contributed by atoms with van der Waals surface area (Å²) in [6, 6.07) is 9.81. The standard InChI is InChI=1S/C19H20N2O5/c1-12-4-5-15(8-13(12)2)10-19(23)26-11-18(22)20-17-7-6-16(21(24)25)9-14(17)3/h4-9H,10-11H2,1-3H3,(H,20,22). The number of rotatable bonds is 6. The number of nitro groups is 1. The molecule has 0 aliphatic rings. The zero-order chi connectivity index (χ0) is 19.3. The molecule has 1 N–H and O–H groups in total. The van der Waals surface area contributed by atoms with Crippen molar-refractivity contribution >= 4 is 23.3 Å². The van der Waals surface area contributed by atoms with Gasteiger partial charge in [-0.25, -0.2) is 0 Å². The first-order valence-corrected chi connectivity index (χ1v) is 8.03. The monoisotopic (exact) mass is 356 g/mol. The second-order valence-electron chi connectivity index (χ2n) is 6.06. The summed E-state index contributed by atoms with van der Waals surface area (Å²) in [5.41, 5.74) is 3.98. The van der Waals surface area contributed by atoms with E-state index in [4.69, 9.17) is 4.74 Å². The largest absolute Gasteiger partial charge is 0.455 e. The fraction of sp³-hybridized carbons (Fsp3) is 0.263. The number of carbonyl (C=O) groups is 2. The van der Waals surface area contributed by atoms with Crippen LogP contribution in [-0.4, -0.2) is 23.4 Å². The highest BCUT2D eigenvalue weighted by molar-refractivity contribution is 5.93. The van der Waals surface area contributed by atoms with Crippen LogP contribution in [0.5, 0.6) is 0 Å². The highest BCUT2D eigenvalue weighted by atomic mass is 16.6. The van der Waals surface area contributed by atoms with Crippen molar-refractivity contribution in [3.8, 4) is 0 Å². The van der Waals surface area contributed by atoms with Crippen LogP contribution in [-0.2, 0) is 20.7 Å². The van der Waals surface area contributed by atoms with Crippen molar-refractivity contribution in [3.05, 3.63) is 68.8 Å². The number of anilines is 1. The normalized spacial score (nSPS) is 10.3. The summed E-state index contributed by atoms with van der Waals surface area (Å²) in [4.78, 5) is 34.0. The fourth-order valence-electron chi connectivity index (χ4n) is 2.37. The Balaban J connectivity index is 1.87. The van der Waals surface area contributed by atoms with Crippen LogP contribution < -0.4 is 5.32 Å². The topological polar surface area (TPSA) is 98.5 Å². The minimum absolute atomic E-state index is 0.0553. The van der Waals surface area contributed by atoms with E-state index >= 15 is 0 Å². The Hall–Kier alpha value is -3.22. The van der Waals surface area contributed by atoms with Gasteiger partial charge in [0.05, 0.1) is 11.3 Å². The number of nitro benzene ring substituents is 1. The molecule has 7 heteroatoms. The summed E-state index contributed by atoms with van der Waals surface area (Å²) in [6.07, 6.45) is 0.0883. The van der Waals surface area contributed by atoms with Crippen molar-refractivity contribution in [1.29, 1.82) is 0 Å². The molecule has 0 spiro atoms. The minimum atomic E-state index is -0.507. The number of benzene rings is 2. The minimum Gasteiger partial charge on any atom is -0.455 e. The fourth-order valence-corrected chi connectivity index (χ4v) is 2.37. The number of esters is 1. The quantitative estimate of drug-likeness (QED) is 0.487. The number of ether oxygens (including phenoxy) is 1. The molecule has 0 radical (unpaired) electrons. The molecular weight excluding hydrogens is 336 g/mol. The molecule has 0 bridgehead atoms. The van der Waals surface area contributed by atoms with Crippen LogP contribution >= 0.6 is 0 Å². The van der Waals surface area contributed by atoms with Gasteiger partial charge in [0.15, 0.2) is 6.61 Å². The van der Waals surface area contributed by atoms with Gasteiger partial charge in [-0.15, -0.1) is 0 Å². The van der Waals surface area contributed by atoms with Crippen molar-refractivity contribution in [2.45, 2.75) is 27.2 Å².